The molecule has 1 unspecified atom stereocenters. The first-order valence-corrected chi connectivity index (χ1v) is 8.61. The molecule has 1 aliphatic heterocycles. The van der Waals surface area contributed by atoms with Crippen molar-refractivity contribution in [3.63, 3.8) is 0 Å². The number of rotatable bonds is 4. The number of thiophene rings is 1. The number of carbonyl (C=O) groups excluding carboxylic acids is 1. The molecule has 2 aromatic rings. The standard InChI is InChI=1S/C18H20N2O3S/c1-11-5-6-15(9-13(11)3)22-10-16-19-20(14(4)21)18(23-16)17-12(2)7-8-24-17/h5-9,18H,10H2,1-4H3. The summed E-state index contributed by atoms with van der Waals surface area (Å²) in [5.41, 5.74) is 3.47. The van der Waals surface area contributed by atoms with Crippen LogP contribution in [0, 0.1) is 20.8 Å². The van der Waals surface area contributed by atoms with Crippen LogP contribution in [0.1, 0.15) is 34.7 Å². The normalized spacial score (nSPS) is 16.8. The van der Waals surface area contributed by atoms with Gasteiger partial charge in [0.1, 0.15) is 5.75 Å². The second kappa shape index (κ2) is 6.65. The lowest BCUT2D eigenvalue weighted by atomic mass is 10.1. The molecular formula is C18H20N2O3S. The van der Waals surface area contributed by atoms with Crippen molar-refractivity contribution in [2.45, 2.75) is 33.9 Å². The van der Waals surface area contributed by atoms with E-state index in [-0.39, 0.29) is 12.5 Å². The van der Waals surface area contributed by atoms with Gasteiger partial charge in [0, 0.05) is 6.92 Å². The third-order valence-corrected chi connectivity index (χ3v) is 5.03. The van der Waals surface area contributed by atoms with Crippen LogP contribution < -0.4 is 4.74 Å². The van der Waals surface area contributed by atoms with Crippen molar-refractivity contribution < 1.29 is 14.3 Å². The van der Waals surface area contributed by atoms with Crippen LogP contribution in [-0.2, 0) is 9.53 Å². The largest absolute Gasteiger partial charge is 0.484 e. The Bertz CT molecular complexity index is 797. The highest BCUT2D eigenvalue weighted by Crippen LogP contribution is 2.34. The smallest absolute Gasteiger partial charge is 0.247 e. The van der Waals surface area contributed by atoms with Crippen LogP contribution in [0.4, 0.5) is 0 Å². The van der Waals surface area contributed by atoms with Crippen LogP contribution in [-0.4, -0.2) is 23.4 Å². The molecule has 0 N–H and O–H groups in total. The molecule has 3 rings (SSSR count). The first kappa shape index (κ1) is 16.5. The zero-order valence-electron chi connectivity index (χ0n) is 14.2. The molecule has 1 atom stereocenters. The number of ether oxygens (including phenoxy) is 2. The van der Waals surface area contributed by atoms with Crippen molar-refractivity contribution in [3.05, 3.63) is 51.2 Å². The second-order valence-corrected chi connectivity index (χ2v) is 6.78. The Morgan fingerprint density at radius 1 is 1.25 bits per heavy atom. The number of nitrogens with zero attached hydrogens (tertiary/aromatic N) is 2. The molecule has 1 aromatic carbocycles. The molecule has 1 amide bonds. The van der Waals surface area contributed by atoms with Gasteiger partial charge in [-0.15, -0.1) is 16.4 Å². The summed E-state index contributed by atoms with van der Waals surface area (Å²) in [7, 11) is 0. The highest BCUT2D eigenvalue weighted by Gasteiger charge is 2.34. The highest BCUT2D eigenvalue weighted by atomic mass is 32.1. The van der Waals surface area contributed by atoms with Gasteiger partial charge in [0.05, 0.1) is 4.88 Å². The van der Waals surface area contributed by atoms with Gasteiger partial charge >= 0.3 is 0 Å². The quantitative estimate of drug-likeness (QED) is 0.844. The van der Waals surface area contributed by atoms with Gasteiger partial charge in [0.2, 0.25) is 18.0 Å². The Balaban J connectivity index is 1.72. The van der Waals surface area contributed by atoms with Gasteiger partial charge in [0.15, 0.2) is 6.61 Å². The summed E-state index contributed by atoms with van der Waals surface area (Å²) < 4.78 is 11.6. The van der Waals surface area contributed by atoms with Crippen molar-refractivity contribution in [2.75, 3.05) is 6.61 Å². The molecule has 0 fully saturated rings. The topological polar surface area (TPSA) is 51.1 Å². The Hall–Kier alpha value is -2.34. The van der Waals surface area contributed by atoms with Crippen LogP contribution in [0.25, 0.3) is 0 Å². The fourth-order valence-corrected chi connectivity index (χ4v) is 3.36. The lowest BCUT2D eigenvalue weighted by molar-refractivity contribution is -0.135. The average molecular weight is 344 g/mol. The van der Waals surface area contributed by atoms with Crippen LogP contribution in [0.2, 0.25) is 0 Å². The molecule has 2 heterocycles. The molecule has 24 heavy (non-hydrogen) atoms. The summed E-state index contributed by atoms with van der Waals surface area (Å²) in [5, 5.41) is 7.64. The number of carbonyl (C=O) groups is 1. The summed E-state index contributed by atoms with van der Waals surface area (Å²) in [6, 6.07) is 7.92. The summed E-state index contributed by atoms with van der Waals surface area (Å²) >= 11 is 1.55. The summed E-state index contributed by atoms with van der Waals surface area (Å²) in [5.74, 6) is 1.00. The van der Waals surface area contributed by atoms with Gasteiger partial charge in [-0.05, 0) is 61.0 Å². The Morgan fingerprint density at radius 3 is 2.67 bits per heavy atom. The van der Waals surface area contributed by atoms with Gasteiger partial charge in [-0.2, -0.15) is 5.01 Å². The van der Waals surface area contributed by atoms with Crippen molar-refractivity contribution >= 4 is 23.1 Å². The Labute approximate surface area is 145 Å². The molecule has 5 nitrogen and oxygen atoms in total. The predicted molar refractivity (Wildman–Crippen MR) is 94.2 cm³/mol. The molecule has 0 spiro atoms. The molecule has 0 saturated carbocycles. The molecular weight excluding hydrogens is 324 g/mol. The highest BCUT2D eigenvalue weighted by molar-refractivity contribution is 7.10. The number of benzene rings is 1. The maximum absolute atomic E-state index is 11.9. The molecule has 0 radical (unpaired) electrons. The number of hydrogen-bond donors (Lipinski definition) is 0. The summed E-state index contributed by atoms with van der Waals surface area (Å²) in [6.07, 6.45) is -0.499. The number of hydrazone groups is 1. The van der Waals surface area contributed by atoms with Gasteiger partial charge in [-0.1, -0.05) is 6.07 Å². The molecule has 0 bridgehead atoms. The number of hydrogen-bond acceptors (Lipinski definition) is 5. The van der Waals surface area contributed by atoms with E-state index in [1.165, 1.54) is 23.1 Å². The van der Waals surface area contributed by atoms with E-state index in [0.29, 0.717) is 5.90 Å². The Morgan fingerprint density at radius 2 is 2.04 bits per heavy atom. The van der Waals surface area contributed by atoms with Crippen LogP contribution in [0.15, 0.2) is 34.7 Å². The second-order valence-electron chi connectivity index (χ2n) is 5.83. The molecule has 126 valence electrons. The SMILES string of the molecule is CC(=O)N1N=C(COc2ccc(C)c(C)c2)OC1c1sccc1C. The Kier molecular flexibility index (Phi) is 4.57. The molecule has 0 aliphatic carbocycles. The fourth-order valence-electron chi connectivity index (χ4n) is 2.42. The first-order valence-electron chi connectivity index (χ1n) is 7.73. The van der Waals surface area contributed by atoms with Gasteiger partial charge in [0.25, 0.3) is 0 Å². The van der Waals surface area contributed by atoms with Crippen molar-refractivity contribution in [1.82, 2.24) is 5.01 Å². The van der Waals surface area contributed by atoms with Gasteiger partial charge in [-0.3, -0.25) is 4.79 Å². The minimum Gasteiger partial charge on any atom is -0.484 e. The van der Waals surface area contributed by atoms with Gasteiger partial charge in [-0.25, -0.2) is 0 Å². The molecule has 1 aromatic heterocycles. The third-order valence-electron chi connectivity index (χ3n) is 3.98. The van der Waals surface area contributed by atoms with E-state index in [1.54, 1.807) is 11.3 Å². The van der Waals surface area contributed by atoms with E-state index in [1.807, 2.05) is 43.5 Å². The third kappa shape index (κ3) is 3.28. The van der Waals surface area contributed by atoms with E-state index in [4.69, 9.17) is 9.47 Å². The zero-order chi connectivity index (χ0) is 17.3. The minimum atomic E-state index is -0.499. The van der Waals surface area contributed by atoms with Crippen LogP contribution in [0.3, 0.4) is 0 Å². The maximum Gasteiger partial charge on any atom is 0.247 e. The first-order chi connectivity index (χ1) is 11.5. The van der Waals surface area contributed by atoms with Crippen molar-refractivity contribution in [3.8, 4) is 5.75 Å². The van der Waals surface area contributed by atoms with Crippen LogP contribution in [0.5, 0.6) is 5.75 Å². The number of amides is 1. The maximum atomic E-state index is 11.9. The van der Waals surface area contributed by atoms with E-state index < -0.39 is 6.23 Å². The van der Waals surface area contributed by atoms with Crippen molar-refractivity contribution in [2.24, 2.45) is 5.10 Å². The monoisotopic (exact) mass is 344 g/mol. The van der Waals surface area contributed by atoms with Crippen LogP contribution >= 0.6 is 11.3 Å². The lowest BCUT2D eigenvalue weighted by Crippen LogP contribution is -2.25. The molecule has 1 aliphatic rings. The lowest BCUT2D eigenvalue weighted by Gasteiger charge is -2.18. The van der Waals surface area contributed by atoms with E-state index >= 15 is 0 Å². The number of aryl methyl sites for hydroxylation is 3. The minimum absolute atomic E-state index is 0.158. The molecule has 6 heteroatoms. The van der Waals surface area contributed by atoms with Gasteiger partial charge < -0.3 is 9.47 Å². The average Bonchev–Trinajstić information content (AvgIpc) is 3.14. The zero-order valence-corrected chi connectivity index (χ0v) is 15.0. The predicted octanol–water partition coefficient (Wildman–Crippen LogP) is 3.94. The summed E-state index contributed by atoms with van der Waals surface area (Å²) in [6.45, 7) is 7.76. The fraction of sp³-hybridized carbons (Fsp3) is 0.333. The van der Waals surface area contributed by atoms with Crippen molar-refractivity contribution in [1.29, 1.82) is 0 Å². The van der Waals surface area contributed by atoms with E-state index in [9.17, 15) is 4.79 Å². The molecule has 0 saturated heterocycles. The summed E-state index contributed by atoms with van der Waals surface area (Å²) in [4.78, 5) is 12.8. The van der Waals surface area contributed by atoms with E-state index in [2.05, 4.69) is 12.0 Å². The van der Waals surface area contributed by atoms with E-state index in [0.717, 1.165) is 16.2 Å².